The predicted molar refractivity (Wildman–Crippen MR) is 76.7 cm³/mol. The second kappa shape index (κ2) is 6.66. The van der Waals surface area contributed by atoms with E-state index < -0.39 is 0 Å². The van der Waals surface area contributed by atoms with Crippen LogP contribution in [0, 0.1) is 0 Å². The van der Waals surface area contributed by atoms with Crippen LogP contribution in [0.4, 0.5) is 0 Å². The van der Waals surface area contributed by atoms with Gasteiger partial charge in [-0.15, -0.1) is 0 Å². The van der Waals surface area contributed by atoms with Crippen molar-refractivity contribution in [2.75, 3.05) is 6.61 Å². The summed E-state index contributed by atoms with van der Waals surface area (Å²) in [5.74, 6) is -0.275. The van der Waals surface area contributed by atoms with Gasteiger partial charge >= 0.3 is 5.97 Å². The van der Waals surface area contributed by atoms with Crippen molar-refractivity contribution < 1.29 is 14.3 Å². The van der Waals surface area contributed by atoms with Gasteiger partial charge in [-0.05, 0) is 12.5 Å². The van der Waals surface area contributed by atoms with Gasteiger partial charge in [0.1, 0.15) is 0 Å². The number of carbonyl (C=O) groups excluding carboxylic acids is 2. The molecule has 0 saturated heterocycles. The molecule has 0 bridgehead atoms. The fourth-order valence-corrected chi connectivity index (χ4v) is 1.91. The smallest absolute Gasteiger partial charge is 0.310 e. The average Bonchev–Trinajstić information content (AvgIpc) is 2.48. The molecule has 0 saturated carbocycles. The number of carbonyl (C=O) groups is 2. The fraction of sp³-hybridized carbons (Fsp3) is 0.176. The zero-order valence-corrected chi connectivity index (χ0v) is 11.3. The van der Waals surface area contributed by atoms with E-state index in [1.54, 1.807) is 43.3 Å². The molecule has 0 fully saturated rings. The zero-order valence-electron chi connectivity index (χ0n) is 11.3. The lowest BCUT2D eigenvalue weighted by atomic mass is 10.0. The first-order chi connectivity index (χ1) is 9.70. The number of esters is 1. The SMILES string of the molecule is CCOC(=O)Cc1ccc(C(=O)c2ccccc2)cc1. The predicted octanol–water partition coefficient (Wildman–Crippen LogP) is 3.02. The number of ether oxygens (including phenoxy) is 1. The van der Waals surface area contributed by atoms with Crippen molar-refractivity contribution in [3.8, 4) is 0 Å². The van der Waals surface area contributed by atoms with Gasteiger partial charge < -0.3 is 4.74 Å². The van der Waals surface area contributed by atoms with Crippen molar-refractivity contribution in [3.63, 3.8) is 0 Å². The first-order valence-electron chi connectivity index (χ1n) is 6.55. The van der Waals surface area contributed by atoms with Gasteiger partial charge in [-0.1, -0.05) is 54.6 Å². The number of rotatable bonds is 5. The Morgan fingerprint density at radius 1 is 0.900 bits per heavy atom. The van der Waals surface area contributed by atoms with Crippen LogP contribution in [-0.2, 0) is 16.0 Å². The lowest BCUT2D eigenvalue weighted by molar-refractivity contribution is -0.142. The topological polar surface area (TPSA) is 43.4 Å². The highest BCUT2D eigenvalue weighted by Crippen LogP contribution is 2.11. The minimum Gasteiger partial charge on any atom is -0.466 e. The van der Waals surface area contributed by atoms with Gasteiger partial charge in [0.05, 0.1) is 13.0 Å². The third-order valence-corrected chi connectivity index (χ3v) is 2.91. The minimum atomic E-state index is -0.255. The Bertz CT molecular complexity index is 585. The number of hydrogen-bond donors (Lipinski definition) is 0. The minimum absolute atomic E-state index is 0.0201. The van der Waals surface area contributed by atoms with Crippen molar-refractivity contribution in [1.82, 2.24) is 0 Å². The Kier molecular flexibility index (Phi) is 4.66. The molecular weight excluding hydrogens is 252 g/mol. The summed E-state index contributed by atoms with van der Waals surface area (Å²) in [6, 6.07) is 16.2. The Balaban J connectivity index is 2.08. The third-order valence-electron chi connectivity index (χ3n) is 2.91. The Morgan fingerprint density at radius 3 is 2.10 bits per heavy atom. The molecule has 2 aromatic rings. The van der Waals surface area contributed by atoms with E-state index in [9.17, 15) is 9.59 Å². The molecule has 3 heteroatoms. The quantitative estimate of drug-likeness (QED) is 0.618. The van der Waals surface area contributed by atoms with E-state index in [1.807, 2.05) is 18.2 Å². The van der Waals surface area contributed by atoms with Crippen LogP contribution in [0.15, 0.2) is 54.6 Å². The Labute approximate surface area is 118 Å². The molecule has 2 aromatic carbocycles. The van der Waals surface area contributed by atoms with Crippen LogP contribution in [0.3, 0.4) is 0 Å². The summed E-state index contributed by atoms with van der Waals surface area (Å²) >= 11 is 0. The monoisotopic (exact) mass is 268 g/mol. The molecule has 0 spiro atoms. The largest absolute Gasteiger partial charge is 0.466 e. The molecule has 0 aliphatic carbocycles. The molecule has 0 N–H and O–H groups in total. The van der Waals surface area contributed by atoms with E-state index >= 15 is 0 Å². The van der Waals surface area contributed by atoms with E-state index in [0.29, 0.717) is 17.7 Å². The normalized spacial score (nSPS) is 10.1. The summed E-state index contributed by atoms with van der Waals surface area (Å²) in [7, 11) is 0. The van der Waals surface area contributed by atoms with Crippen LogP contribution in [0.1, 0.15) is 28.4 Å². The summed E-state index contributed by atoms with van der Waals surface area (Å²) in [4.78, 5) is 23.6. The summed E-state index contributed by atoms with van der Waals surface area (Å²) < 4.78 is 4.89. The maximum absolute atomic E-state index is 12.2. The van der Waals surface area contributed by atoms with E-state index in [1.165, 1.54) is 0 Å². The molecule has 0 aromatic heterocycles. The van der Waals surface area contributed by atoms with Gasteiger partial charge in [0.15, 0.2) is 5.78 Å². The van der Waals surface area contributed by atoms with E-state index in [0.717, 1.165) is 5.56 Å². The molecule has 0 heterocycles. The molecule has 0 aliphatic rings. The van der Waals surface area contributed by atoms with E-state index in [-0.39, 0.29) is 18.2 Å². The highest BCUT2D eigenvalue weighted by Gasteiger charge is 2.09. The second-order valence-corrected chi connectivity index (χ2v) is 4.37. The Morgan fingerprint density at radius 2 is 1.50 bits per heavy atom. The average molecular weight is 268 g/mol. The van der Waals surface area contributed by atoms with Crippen molar-refractivity contribution >= 4 is 11.8 Å². The van der Waals surface area contributed by atoms with E-state index in [2.05, 4.69) is 0 Å². The lowest BCUT2D eigenvalue weighted by Gasteiger charge is -2.04. The van der Waals surface area contributed by atoms with Gasteiger partial charge in [-0.2, -0.15) is 0 Å². The lowest BCUT2D eigenvalue weighted by Crippen LogP contribution is -2.08. The zero-order chi connectivity index (χ0) is 14.4. The summed E-state index contributed by atoms with van der Waals surface area (Å²) in [6.07, 6.45) is 0.230. The van der Waals surface area contributed by atoms with Gasteiger partial charge in [-0.3, -0.25) is 9.59 Å². The molecule has 102 valence electrons. The summed E-state index contributed by atoms with van der Waals surface area (Å²) in [6.45, 7) is 2.16. The summed E-state index contributed by atoms with van der Waals surface area (Å²) in [5.41, 5.74) is 2.11. The first kappa shape index (κ1) is 14.0. The van der Waals surface area contributed by atoms with Crippen LogP contribution >= 0.6 is 0 Å². The van der Waals surface area contributed by atoms with Crippen molar-refractivity contribution in [3.05, 3.63) is 71.3 Å². The first-order valence-corrected chi connectivity index (χ1v) is 6.55. The second-order valence-electron chi connectivity index (χ2n) is 4.37. The number of hydrogen-bond acceptors (Lipinski definition) is 3. The van der Waals surface area contributed by atoms with Crippen molar-refractivity contribution in [2.24, 2.45) is 0 Å². The molecule has 0 unspecified atom stereocenters. The van der Waals surface area contributed by atoms with Crippen LogP contribution in [0.5, 0.6) is 0 Å². The molecule has 20 heavy (non-hydrogen) atoms. The third kappa shape index (κ3) is 3.54. The van der Waals surface area contributed by atoms with Gasteiger partial charge in [-0.25, -0.2) is 0 Å². The number of benzene rings is 2. The Hall–Kier alpha value is -2.42. The fourth-order valence-electron chi connectivity index (χ4n) is 1.91. The molecule has 0 amide bonds. The maximum atomic E-state index is 12.2. The standard InChI is InChI=1S/C17H16O3/c1-2-20-16(18)12-13-8-10-15(11-9-13)17(19)14-6-4-3-5-7-14/h3-11H,2,12H2,1H3. The number of ketones is 1. The van der Waals surface area contributed by atoms with Crippen LogP contribution in [0.25, 0.3) is 0 Å². The van der Waals surface area contributed by atoms with Gasteiger partial charge in [0, 0.05) is 11.1 Å². The van der Waals surface area contributed by atoms with Crippen molar-refractivity contribution in [1.29, 1.82) is 0 Å². The van der Waals surface area contributed by atoms with Crippen LogP contribution < -0.4 is 0 Å². The van der Waals surface area contributed by atoms with Crippen LogP contribution in [0.2, 0.25) is 0 Å². The van der Waals surface area contributed by atoms with Gasteiger partial charge in [0.25, 0.3) is 0 Å². The molecule has 2 rings (SSSR count). The molecular formula is C17H16O3. The maximum Gasteiger partial charge on any atom is 0.310 e. The summed E-state index contributed by atoms with van der Waals surface area (Å²) in [5, 5.41) is 0. The molecule has 0 atom stereocenters. The molecule has 3 nitrogen and oxygen atoms in total. The van der Waals surface area contributed by atoms with Crippen molar-refractivity contribution in [2.45, 2.75) is 13.3 Å². The molecule has 0 radical (unpaired) electrons. The van der Waals surface area contributed by atoms with Crippen LogP contribution in [-0.4, -0.2) is 18.4 Å². The highest BCUT2D eigenvalue weighted by molar-refractivity contribution is 6.08. The van der Waals surface area contributed by atoms with Gasteiger partial charge in [0.2, 0.25) is 0 Å². The highest BCUT2D eigenvalue weighted by atomic mass is 16.5. The van der Waals surface area contributed by atoms with E-state index in [4.69, 9.17) is 4.74 Å². The molecule has 0 aliphatic heterocycles.